The Morgan fingerprint density at radius 2 is 1.76 bits per heavy atom. The van der Waals surface area contributed by atoms with E-state index >= 15 is 0 Å². The largest absolute Gasteiger partial charge is 0.381 e. The van der Waals surface area contributed by atoms with E-state index in [2.05, 4.69) is 0 Å². The SMILES string of the molecule is COC1CCN(S(=O)(=O)C2CCCN(C(=O)c3ccccc3)C2)CC1. The number of rotatable bonds is 4. The molecule has 138 valence electrons. The van der Waals surface area contributed by atoms with E-state index in [1.165, 1.54) is 0 Å². The van der Waals surface area contributed by atoms with Gasteiger partial charge in [-0.25, -0.2) is 12.7 Å². The second-order valence-corrected chi connectivity index (χ2v) is 8.97. The number of piperidine rings is 2. The van der Waals surface area contributed by atoms with Crippen LogP contribution in [0.4, 0.5) is 0 Å². The maximum absolute atomic E-state index is 13.0. The highest BCUT2D eigenvalue weighted by molar-refractivity contribution is 7.89. The number of amides is 1. The number of benzene rings is 1. The van der Waals surface area contributed by atoms with Crippen molar-refractivity contribution < 1.29 is 17.9 Å². The molecule has 1 unspecified atom stereocenters. The van der Waals surface area contributed by atoms with Gasteiger partial charge in [0.15, 0.2) is 0 Å². The third-order valence-electron chi connectivity index (χ3n) is 5.20. The average molecular weight is 366 g/mol. The summed E-state index contributed by atoms with van der Waals surface area (Å²) in [6, 6.07) is 9.06. The van der Waals surface area contributed by atoms with Gasteiger partial charge < -0.3 is 9.64 Å². The fourth-order valence-corrected chi connectivity index (χ4v) is 5.64. The van der Waals surface area contributed by atoms with Gasteiger partial charge in [0.1, 0.15) is 0 Å². The molecule has 2 fully saturated rings. The van der Waals surface area contributed by atoms with Crippen molar-refractivity contribution in [3.63, 3.8) is 0 Å². The summed E-state index contributed by atoms with van der Waals surface area (Å²) in [7, 11) is -1.71. The molecular weight excluding hydrogens is 340 g/mol. The first-order valence-electron chi connectivity index (χ1n) is 8.88. The summed E-state index contributed by atoms with van der Waals surface area (Å²) in [5.41, 5.74) is 0.612. The Balaban J connectivity index is 1.67. The molecule has 0 spiro atoms. The van der Waals surface area contributed by atoms with Gasteiger partial charge in [-0.2, -0.15) is 0 Å². The Kier molecular flexibility index (Phi) is 5.76. The number of sulfonamides is 1. The molecule has 2 heterocycles. The normalized spacial score (nSPS) is 23.6. The fraction of sp³-hybridized carbons (Fsp3) is 0.611. The van der Waals surface area contributed by atoms with E-state index in [9.17, 15) is 13.2 Å². The van der Waals surface area contributed by atoms with Crippen LogP contribution in [0.2, 0.25) is 0 Å². The van der Waals surface area contributed by atoms with Crippen LogP contribution in [0.5, 0.6) is 0 Å². The molecule has 25 heavy (non-hydrogen) atoms. The molecule has 1 atom stereocenters. The molecule has 2 saturated heterocycles. The van der Waals surface area contributed by atoms with Gasteiger partial charge in [0.2, 0.25) is 10.0 Å². The number of nitrogens with zero attached hydrogens (tertiary/aromatic N) is 2. The van der Waals surface area contributed by atoms with E-state index in [1.54, 1.807) is 28.4 Å². The average Bonchev–Trinajstić information content (AvgIpc) is 2.68. The number of carbonyl (C=O) groups excluding carboxylic acids is 1. The Morgan fingerprint density at radius 1 is 1.08 bits per heavy atom. The van der Waals surface area contributed by atoms with Gasteiger partial charge in [-0.1, -0.05) is 18.2 Å². The van der Waals surface area contributed by atoms with Crippen LogP contribution in [0, 0.1) is 0 Å². The van der Waals surface area contributed by atoms with Gasteiger partial charge in [-0.05, 0) is 37.8 Å². The molecule has 0 aliphatic carbocycles. The van der Waals surface area contributed by atoms with Crippen molar-refractivity contribution >= 4 is 15.9 Å². The van der Waals surface area contributed by atoms with E-state index in [0.717, 1.165) is 19.3 Å². The molecule has 6 nitrogen and oxygen atoms in total. The molecule has 2 aliphatic heterocycles. The quantitative estimate of drug-likeness (QED) is 0.814. The van der Waals surface area contributed by atoms with Gasteiger partial charge >= 0.3 is 0 Å². The minimum absolute atomic E-state index is 0.0846. The molecule has 1 aromatic carbocycles. The van der Waals surface area contributed by atoms with Crippen LogP contribution in [0.1, 0.15) is 36.0 Å². The van der Waals surface area contributed by atoms with Crippen molar-refractivity contribution in [2.45, 2.75) is 37.0 Å². The number of ether oxygens (including phenoxy) is 1. The van der Waals surface area contributed by atoms with Gasteiger partial charge in [0.05, 0.1) is 11.4 Å². The summed E-state index contributed by atoms with van der Waals surface area (Å²) in [6.45, 7) is 1.90. The zero-order chi connectivity index (χ0) is 17.9. The second-order valence-electron chi connectivity index (χ2n) is 6.76. The molecule has 0 bridgehead atoms. The van der Waals surface area contributed by atoms with Crippen LogP contribution in [-0.4, -0.2) is 68.2 Å². The summed E-state index contributed by atoms with van der Waals surface area (Å²) in [5.74, 6) is -0.0846. The number of carbonyl (C=O) groups is 1. The first-order chi connectivity index (χ1) is 12.0. The lowest BCUT2D eigenvalue weighted by Gasteiger charge is -2.37. The van der Waals surface area contributed by atoms with E-state index in [4.69, 9.17) is 4.74 Å². The van der Waals surface area contributed by atoms with E-state index in [0.29, 0.717) is 31.6 Å². The second kappa shape index (κ2) is 7.85. The van der Waals surface area contributed by atoms with Crippen LogP contribution in [0.15, 0.2) is 30.3 Å². The Morgan fingerprint density at radius 3 is 2.40 bits per heavy atom. The molecule has 1 aromatic rings. The smallest absolute Gasteiger partial charge is 0.253 e. The maximum Gasteiger partial charge on any atom is 0.253 e. The summed E-state index contributed by atoms with van der Waals surface area (Å²) in [5, 5.41) is -0.506. The predicted octanol–water partition coefficient (Wildman–Crippen LogP) is 1.73. The molecule has 0 aromatic heterocycles. The predicted molar refractivity (Wildman–Crippen MR) is 95.9 cm³/mol. The maximum atomic E-state index is 13.0. The van der Waals surface area contributed by atoms with Crippen LogP contribution in [-0.2, 0) is 14.8 Å². The molecule has 0 saturated carbocycles. The molecule has 0 radical (unpaired) electrons. The first-order valence-corrected chi connectivity index (χ1v) is 10.4. The fourth-order valence-electron chi connectivity index (χ4n) is 3.66. The Bertz CT molecular complexity index is 684. The lowest BCUT2D eigenvalue weighted by Crippen LogP contribution is -2.51. The summed E-state index contributed by atoms with van der Waals surface area (Å²) >= 11 is 0. The van der Waals surface area contributed by atoms with E-state index in [-0.39, 0.29) is 18.6 Å². The van der Waals surface area contributed by atoms with Crippen molar-refractivity contribution in [2.75, 3.05) is 33.3 Å². The van der Waals surface area contributed by atoms with Gasteiger partial charge in [-0.15, -0.1) is 0 Å². The van der Waals surface area contributed by atoms with Crippen molar-refractivity contribution in [1.29, 1.82) is 0 Å². The van der Waals surface area contributed by atoms with Crippen molar-refractivity contribution in [1.82, 2.24) is 9.21 Å². The minimum atomic E-state index is -3.38. The third-order valence-corrected chi connectivity index (χ3v) is 7.51. The van der Waals surface area contributed by atoms with Crippen LogP contribution >= 0.6 is 0 Å². The number of hydrogen-bond donors (Lipinski definition) is 0. The molecule has 3 rings (SSSR count). The van der Waals surface area contributed by atoms with Crippen molar-refractivity contribution in [3.8, 4) is 0 Å². The van der Waals surface area contributed by atoms with Gasteiger partial charge in [0.25, 0.3) is 5.91 Å². The summed E-state index contributed by atoms with van der Waals surface area (Å²) in [6.07, 6.45) is 2.95. The van der Waals surface area contributed by atoms with Crippen molar-refractivity contribution in [3.05, 3.63) is 35.9 Å². The monoisotopic (exact) mass is 366 g/mol. The summed E-state index contributed by atoms with van der Waals surface area (Å²) < 4.78 is 32.9. The van der Waals surface area contributed by atoms with Crippen LogP contribution in [0.25, 0.3) is 0 Å². The number of methoxy groups -OCH3 is 1. The first kappa shape index (κ1) is 18.4. The summed E-state index contributed by atoms with van der Waals surface area (Å²) in [4.78, 5) is 14.3. The van der Waals surface area contributed by atoms with Crippen LogP contribution < -0.4 is 0 Å². The molecule has 1 amide bonds. The van der Waals surface area contributed by atoms with E-state index < -0.39 is 15.3 Å². The zero-order valence-electron chi connectivity index (χ0n) is 14.6. The highest BCUT2D eigenvalue weighted by Gasteiger charge is 2.38. The zero-order valence-corrected chi connectivity index (χ0v) is 15.5. The molecular formula is C18H26N2O4S. The number of likely N-dealkylation sites (tertiary alicyclic amines) is 1. The lowest BCUT2D eigenvalue weighted by molar-refractivity contribution is 0.0597. The molecule has 7 heteroatoms. The highest BCUT2D eigenvalue weighted by atomic mass is 32.2. The van der Waals surface area contributed by atoms with E-state index in [1.807, 2.05) is 18.2 Å². The molecule has 2 aliphatic rings. The minimum Gasteiger partial charge on any atom is -0.381 e. The Hall–Kier alpha value is -1.44. The number of hydrogen-bond acceptors (Lipinski definition) is 4. The van der Waals surface area contributed by atoms with Crippen molar-refractivity contribution in [2.24, 2.45) is 0 Å². The molecule has 0 N–H and O–H groups in total. The third kappa shape index (κ3) is 4.04. The van der Waals surface area contributed by atoms with Gasteiger partial charge in [-0.3, -0.25) is 4.79 Å². The highest BCUT2D eigenvalue weighted by Crippen LogP contribution is 2.25. The lowest BCUT2D eigenvalue weighted by atomic mass is 10.1. The topological polar surface area (TPSA) is 66.9 Å². The van der Waals surface area contributed by atoms with Crippen LogP contribution in [0.3, 0.4) is 0 Å². The van der Waals surface area contributed by atoms with Gasteiger partial charge in [0, 0.05) is 38.9 Å². The standard InChI is InChI=1S/C18H26N2O4S/c1-24-16-9-12-20(13-10-16)25(22,23)17-8-5-11-19(14-17)18(21)15-6-3-2-4-7-15/h2-4,6-7,16-17H,5,8-14H2,1H3. The Labute approximate surface area is 149 Å².